The van der Waals surface area contributed by atoms with Crippen LogP contribution in [-0.4, -0.2) is 22.1 Å². The Morgan fingerprint density at radius 2 is 2.00 bits per heavy atom. The van der Waals surface area contributed by atoms with E-state index in [1.165, 1.54) is 6.26 Å². The lowest BCUT2D eigenvalue weighted by molar-refractivity contribution is 0.0909. The van der Waals surface area contributed by atoms with Crippen LogP contribution in [0, 0.1) is 0 Å². The van der Waals surface area contributed by atoms with Gasteiger partial charge < -0.3 is 19.0 Å². The summed E-state index contributed by atoms with van der Waals surface area (Å²) in [5.74, 6) is 1.62. The first-order valence-electron chi connectivity index (χ1n) is 10.3. The summed E-state index contributed by atoms with van der Waals surface area (Å²) in [6, 6.07) is 18.9. The Bertz CT molecular complexity index is 1180. The van der Waals surface area contributed by atoms with Gasteiger partial charge in [-0.3, -0.25) is 4.79 Å². The summed E-state index contributed by atoms with van der Waals surface area (Å²) in [5, 5.41) is 2.97. The Morgan fingerprint density at radius 3 is 2.81 bits per heavy atom. The lowest BCUT2D eigenvalue weighted by atomic mass is 10.1. The van der Waals surface area contributed by atoms with E-state index < -0.39 is 0 Å². The molecule has 0 aliphatic rings. The number of imidazole rings is 1. The monoisotopic (exact) mass is 415 g/mol. The van der Waals surface area contributed by atoms with Crippen molar-refractivity contribution in [1.82, 2.24) is 14.9 Å². The molecule has 2 aromatic heterocycles. The molecule has 0 aliphatic heterocycles. The fraction of sp³-hybridized carbons (Fsp3) is 0.200. The summed E-state index contributed by atoms with van der Waals surface area (Å²) in [7, 11) is 0. The van der Waals surface area contributed by atoms with Gasteiger partial charge in [-0.15, -0.1) is 6.58 Å². The molecule has 6 nitrogen and oxygen atoms in total. The van der Waals surface area contributed by atoms with E-state index in [4.69, 9.17) is 14.1 Å². The first-order chi connectivity index (χ1) is 15.2. The molecule has 0 fully saturated rings. The average Bonchev–Trinajstić information content (AvgIpc) is 3.44. The Kier molecular flexibility index (Phi) is 6.17. The fourth-order valence-corrected chi connectivity index (χ4v) is 3.62. The number of amides is 1. The van der Waals surface area contributed by atoms with Gasteiger partial charge >= 0.3 is 0 Å². The Balaban J connectivity index is 1.54. The molecule has 4 rings (SSSR count). The van der Waals surface area contributed by atoms with E-state index in [9.17, 15) is 4.79 Å². The standard InChI is InChI=1S/C25H25N3O3/c1-3-9-19-10-4-7-13-22(19)31-17-15-28-21-12-6-5-11-20(21)27-24(28)18(2)26-25(29)23-14-8-16-30-23/h3-8,10-14,16,18H,1,9,15,17H2,2H3,(H,26,29). The van der Waals surface area contributed by atoms with Gasteiger partial charge in [0.05, 0.1) is 29.9 Å². The molecule has 2 heterocycles. The van der Waals surface area contributed by atoms with Crippen LogP contribution in [0.4, 0.5) is 0 Å². The van der Waals surface area contributed by atoms with Crippen molar-refractivity contribution in [3.63, 3.8) is 0 Å². The lowest BCUT2D eigenvalue weighted by Crippen LogP contribution is -2.29. The van der Waals surface area contributed by atoms with Gasteiger partial charge in [0, 0.05) is 0 Å². The number of benzene rings is 2. The molecular formula is C25H25N3O3. The highest BCUT2D eigenvalue weighted by Crippen LogP contribution is 2.23. The summed E-state index contributed by atoms with van der Waals surface area (Å²) >= 11 is 0. The van der Waals surface area contributed by atoms with Crippen molar-refractivity contribution in [3.05, 3.63) is 96.7 Å². The van der Waals surface area contributed by atoms with Gasteiger partial charge in [-0.25, -0.2) is 4.98 Å². The number of fused-ring (bicyclic) bond motifs is 1. The van der Waals surface area contributed by atoms with Crippen molar-refractivity contribution in [2.24, 2.45) is 0 Å². The summed E-state index contributed by atoms with van der Waals surface area (Å²) in [6.07, 6.45) is 4.11. The highest BCUT2D eigenvalue weighted by molar-refractivity contribution is 5.91. The first-order valence-corrected chi connectivity index (χ1v) is 10.3. The van der Waals surface area contributed by atoms with E-state index in [0.717, 1.165) is 34.6 Å². The van der Waals surface area contributed by atoms with E-state index in [2.05, 4.69) is 16.5 Å². The van der Waals surface area contributed by atoms with Gasteiger partial charge in [-0.05, 0) is 49.2 Å². The molecular weight excluding hydrogens is 390 g/mol. The van der Waals surface area contributed by atoms with Crippen molar-refractivity contribution in [1.29, 1.82) is 0 Å². The van der Waals surface area contributed by atoms with Gasteiger partial charge in [0.1, 0.15) is 18.2 Å². The zero-order chi connectivity index (χ0) is 21.6. The zero-order valence-corrected chi connectivity index (χ0v) is 17.5. The van der Waals surface area contributed by atoms with Crippen LogP contribution in [0.2, 0.25) is 0 Å². The van der Waals surface area contributed by atoms with Gasteiger partial charge in [0.15, 0.2) is 5.76 Å². The summed E-state index contributed by atoms with van der Waals surface area (Å²) < 4.78 is 13.4. The van der Waals surface area contributed by atoms with Crippen LogP contribution in [0.15, 0.2) is 84.0 Å². The van der Waals surface area contributed by atoms with Crippen molar-refractivity contribution in [2.75, 3.05) is 6.61 Å². The minimum atomic E-state index is -0.307. The van der Waals surface area contributed by atoms with E-state index in [1.807, 2.05) is 61.5 Å². The lowest BCUT2D eigenvalue weighted by Gasteiger charge is -2.17. The number of aromatic nitrogens is 2. The second-order valence-electron chi connectivity index (χ2n) is 7.23. The van der Waals surface area contributed by atoms with Crippen molar-refractivity contribution >= 4 is 16.9 Å². The number of nitrogens with one attached hydrogen (secondary N) is 1. The molecule has 0 aliphatic carbocycles. The molecule has 1 unspecified atom stereocenters. The van der Waals surface area contributed by atoms with Crippen LogP contribution in [0.3, 0.4) is 0 Å². The largest absolute Gasteiger partial charge is 0.491 e. The van der Waals surface area contributed by atoms with Crippen LogP contribution in [0.25, 0.3) is 11.0 Å². The van der Waals surface area contributed by atoms with Gasteiger partial charge in [0.2, 0.25) is 0 Å². The maximum absolute atomic E-state index is 12.4. The summed E-state index contributed by atoms with van der Waals surface area (Å²) in [6.45, 7) is 6.80. The highest BCUT2D eigenvalue weighted by atomic mass is 16.5. The van der Waals surface area contributed by atoms with Crippen molar-refractivity contribution in [3.8, 4) is 5.75 Å². The van der Waals surface area contributed by atoms with E-state index >= 15 is 0 Å². The van der Waals surface area contributed by atoms with Crippen LogP contribution >= 0.6 is 0 Å². The smallest absolute Gasteiger partial charge is 0.287 e. The molecule has 0 saturated carbocycles. The maximum Gasteiger partial charge on any atom is 0.287 e. The van der Waals surface area contributed by atoms with Crippen LogP contribution in [-0.2, 0) is 13.0 Å². The molecule has 2 aromatic carbocycles. The van der Waals surface area contributed by atoms with Crippen molar-refractivity contribution in [2.45, 2.75) is 25.9 Å². The third kappa shape index (κ3) is 4.53. The molecule has 4 aromatic rings. The number of carbonyl (C=O) groups excluding carboxylic acids is 1. The molecule has 1 amide bonds. The number of rotatable bonds is 9. The van der Waals surface area contributed by atoms with Gasteiger partial charge in [-0.1, -0.05) is 36.4 Å². The molecule has 1 N–H and O–H groups in total. The van der Waals surface area contributed by atoms with Crippen LogP contribution in [0.1, 0.15) is 34.9 Å². The van der Waals surface area contributed by atoms with Crippen molar-refractivity contribution < 1.29 is 13.9 Å². The first kappa shape index (κ1) is 20.5. The number of allylic oxidation sites excluding steroid dienone is 1. The second-order valence-corrected chi connectivity index (χ2v) is 7.23. The number of furan rings is 1. The number of hydrogen-bond donors (Lipinski definition) is 1. The van der Waals surface area contributed by atoms with Crippen LogP contribution < -0.4 is 10.1 Å². The predicted molar refractivity (Wildman–Crippen MR) is 120 cm³/mol. The molecule has 6 heteroatoms. The molecule has 0 spiro atoms. The van der Waals surface area contributed by atoms with E-state index in [1.54, 1.807) is 12.1 Å². The van der Waals surface area contributed by atoms with E-state index in [-0.39, 0.29) is 17.7 Å². The number of ether oxygens (including phenoxy) is 1. The Hall–Kier alpha value is -3.80. The molecule has 1 atom stereocenters. The molecule has 0 radical (unpaired) electrons. The number of para-hydroxylation sites is 3. The summed E-state index contributed by atoms with van der Waals surface area (Å²) in [4.78, 5) is 17.2. The molecule has 158 valence electrons. The number of hydrogen-bond acceptors (Lipinski definition) is 4. The zero-order valence-electron chi connectivity index (χ0n) is 17.5. The van der Waals surface area contributed by atoms with Gasteiger partial charge in [0.25, 0.3) is 5.91 Å². The minimum absolute atomic E-state index is 0.272. The minimum Gasteiger partial charge on any atom is -0.491 e. The summed E-state index contributed by atoms with van der Waals surface area (Å²) in [5.41, 5.74) is 2.98. The third-order valence-electron chi connectivity index (χ3n) is 5.07. The Morgan fingerprint density at radius 1 is 1.19 bits per heavy atom. The maximum atomic E-state index is 12.4. The average molecular weight is 415 g/mol. The highest BCUT2D eigenvalue weighted by Gasteiger charge is 2.20. The second kappa shape index (κ2) is 9.34. The van der Waals surface area contributed by atoms with Crippen LogP contribution in [0.5, 0.6) is 5.75 Å². The number of carbonyl (C=O) groups is 1. The predicted octanol–water partition coefficient (Wildman–Crippen LogP) is 4.93. The Labute approximate surface area is 181 Å². The fourth-order valence-electron chi connectivity index (χ4n) is 3.62. The molecule has 31 heavy (non-hydrogen) atoms. The molecule has 0 bridgehead atoms. The molecule has 0 saturated heterocycles. The van der Waals surface area contributed by atoms with Gasteiger partial charge in [-0.2, -0.15) is 0 Å². The SMILES string of the molecule is C=CCc1ccccc1OCCn1c(C(C)NC(=O)c2ccco2)nc2ccccc21. The third-order valence-corrected chi connectivity index (χ3v) is 5.07. The van der Waals surface area contributed by atoms with E-state index in [0.29, 0.717) is 13.2 Å². The topological polar surface area (TPSA) is 69.3 Å². The normalized spacial score (nSPS) is 11.9. The quantitative estimate of drug-likeness (QED) is 0.394. The number of nitrogens with zero attached hydrogens (tertiary/aromatic N) is 2.